The molecule has 0 aliphatic heterocycles. The van der Waals surface area contributed by atoms with Crippen LogP contribution in [0.4, 0.5) is 8.78 Å². The predicted octanol–water partition coefficient (Wildman–Crippen LogP) is 5.34. The van der Waals surface area contributed by atoms with E-state index in [-0.39, 0.29) is 5.75 Å². The van der Waals surface area contributed by atoms with E-state index in [9.17, 15) is 8.78 Å². The van der Waals surface area contributed by atoms with Crippen molar-refractivity contribution < 1.29 is 13.5 Å². The number of nitrogens with zero attached hydrogens (tertiary/aromatic N) is 4. The van der Waals surface area contributed by atoms with Gasteiger partial charge < -0.3 is 9.72 Å². The molecule has 4 aromatic rings. The molecule has 1 N–H and O–H groups in total. The number of imidazole rings is 1. The van der Waals surface area contributed by atoms with E-state index < -0.39 is 6.61 Å². The number of nitrogens with one attached hydrogen (secondary N) is 1. The third-order valence-electron chi connectivity index (χ3n) is 3.73. The van der Waals surface area contributed by atoms with Crippen LogP contribution in [0.25, 0.3) is 16.7 Å². The van der Waals surface area contributed by atoms with Crippen LogP contribution < -0.4 is 4.74 Å². The van der Waals surface area contributed by atoms with Gasteiger partial charge in [-0.1, -0.05) is 46.2 Å². The molecule has 0 atom stereocenters. The van der Waals surface area contributed by atoms with Crippen LogP contribution in [0.15, 0.2) is 47.8 Å². The SMILES string of the molecule is FC(F)Oc1ccc2nc(SCc3cn(-c4cccc(Cl)c4Cl)nn3)[nH]c2c1. The van der Waals surface area contributed by atoms with Crippen LogP contribution in [0.5, 0.6) is 5.75 Å². The highest BCUT2D eigenvalue weighted by Crippen LogP contribution is 2.29. The number of fused-ring (bicyclic) bond motifs is 1. The van der Waals surface area contributed by atoms with Gasteiger partial charge in [0, 0.05) is 11.8 Å². The summed E-state index contributed by atoms with van der Waals surface area (Å²) in [5.74, 6) is 0.572. The van der Waals surface area contributed by atoms with E-state index in [1.54, 1.807) is 35.1 Å². The van der Waals surface area contributed by atoms with Gasteiger partial charge in [-0.2, -0.15) is 8.78 Å². The van der Waals surface area contributed by atoms with Crippen molar-refractivity contribution in [1.82, 2.24) is 25.0 Å². The molecule has 0 spiro atoms. The molecule has 0 radical (unpaired) electrons. The average Bonchev–Trinajstić information content (AvgIpc) is 3.28. The highest BCUT2D eigenvalue weighted by Gasteiger charge is 2.11. The number of aromatic nitrogens is 5. The third kappa shape index (κ3) is 4.06. The summed E-state index contributed by atoms with van der Waals surface area (Å²) in [5, 5.41) is 9.65. The van der Waals surface area contributed by atoms with Crippen LogP contribution in [-0.2, 0) is 5.75 Å². The number of alkyl halides is 2. The van der Waals surface area contributed by atoms with E-state index in [2.05, 4.69) is 25.0 Å². The van der Waals surface area contributed by atoms with Crippen molar-refractivity contribution in [2.45, 2.75) is 17.5 Å². The number of H-pyrrole nitrogens is 1. The topological polar surface area (TPSA) is 68.6 Å². The molecule has 0 saturated carbocycles. The van der Waals surface area contributed by atoms with Crippen LogP contribution in [0.3, 0.4) is 0 Å². The average molecular weight is 442 g/mol. The molecule has 28 heavy (non-hydrogen) atoms. The van der Waals surface area contributed by atoms with Gasteiger partial charge in [-0.3, -0.25) is 0 Å². The first kappa shape index (κ1) is 19.0. The normalized spacial score (nSPS) is 11.5. The Labute approximate surface area is 171 Å². The van der Waals surface area contributed by atoms with Gasteiger partial charge in [-0.15, -0.1) is 5.10 Å². The first-order valence-electron chi connectivity index (χ1n) is 7.92. The van der Waals surface area contributed by atoms with Crippen molar-refractivity contribution in [2.75, 3.05) is 0 Å². The molecule has 4 rings (SSSR count). The fraction of sp³-hybridized carbons (Fsp3) is 0.118. The largest absolute Gasteiger partial charge is 0.435 e. The van der Waals surface area contributed by atoms with Gasteiger partial charge in [0.2, 0.25) is 0 Å². The minimum Gasteiger partial charge on any atom is -0.435 e. The second kappa shape index (κ2) is 7.94. The molecule has 0 saturated heterocycles. The van der Waals surface area contributed by atoms with E-state index in [1.165, 1.54) is 23.9 Å². The Balaban J connectivity index is 1.47. The lowest BCUT2D eigenvalue weighted by molar-refractivity contribution is -0.0497. The molecule has 0 aliphatic rings. The van der Waals surface area contributed by atoms with Crippen LogP contribution in [0.1, 0.15) is 5.69 Å². The van der Waals surface area contributed by atoms with Gasteiger partial charge >= 0.3 is 6.61 Å². The smallest absolute Gasteiger partial charge is 0.387 e. The molecule has 0 amide bonds. The molecule has 6 nitrogen and oxygen atoms in total. The first-order chi connectivity index (χ1) is 13.5. The summed E-state index contributed by atoms with van der Waals surface area (Å²) in [6.07, 6.45) is 1.75. The molecule has 0 fully saturated rings. The lowest BCUT2D eigenvalue weighted by atomic mass is 10.3. The van der Waals surface area contributed by atoms with Crippen molar-refractivity contribution >= 4 is 46.0 Å². The summed E-state index contributed by atoms with van der Waals surface area (Å²) in [5.41, 5.74) is 2.60. The third-order valence-corrected chi connectivity index (χ3v) is 5.45. The molecule has 0 bridgehead atoms. The molecule has 2 aromatic heterocycles. The number of thioether (sulfide) groups is 1. The summed E-state index contributed by atoms with van der Waals surface area (Å²) >= 11 is 13.6. The number of ether oxygens (including phenoxy) is 1. The van der Waals surface area contributed by atoms with Crippen LogP contribution in [0.2, 0.25) is 10.0 Å². The van der Waals surface area contributed by atoms with E-state index >= 15 is 0 Å². The van der Waals surface area contributed by atoms with E-state index in [1.807, 2.05) is 0 Å². The number of halogens is 4. The molecule has 144 valence electrons. The van der Waals surface area contributed by atoms with Gasteiger partial charge in [-0.25, -0.2) is 9.67 Å². The van der Waals surface area contributed by atoms with Crippen molar-refractivity contribution in [3.05, 3.63) is 58.3 Å². The molecule has 0 unspecified atom stereocenters. The minimum absolute atomic E-state index is 0.0732. The van der Waals surface area contributed by atoms with Gasteiger partial charge in [0.15, 0.2) is 5.16 Å². The first-order valence-corrected chi connectivity index (χ1v) is 9.67. The van der Waals surface area contributed by atoms with Crippen LogP contribution in [-0.4, -0.2) is 31.6 Å². The van der Waals surface area contributed by atoms with Crippen molar-refractivity contribution in [1.29, 1.82) is 0 Å². The predicted molar refractivity (Wildman–Crippen MR) is 104 cm³/mol. The quantitative estimate of drug-likeness (QED) is 0.408. The number of benzene rings is 2. The Morgan fingerprint density at radius 1 is 1.21 bits per heavy atom. The Morgan fingerprint density at radius 3 is 2.89 bits per heavy atom. The number of rotatable bonds is 6. The zero-order valence-corrected chi connectivity index (χ0v) is 16.3. The highest BCUT2D eigenvalue weighted by atomic mass is 35.5. The maximum Gasteiger partial charge on any atom is 0.387 e. The van der Waals surface area contributed by atoms with Gasteiger partial charge in [0.05, 0.1) is 38.7 Å². The Morgan fingerprint density at radius 2 is 2.07 bits per heavy atom. The summed E-state index contributed by atoms with van der Waals surface area (Å²) < 4.78 is 30.6. The monoisotopic (exact) mass is 441 g/mol. The molecule has 2 heterocycles. The molecule has 2 aromatic carbocycles. The number of aromatic amines is 1. The lowest BCUT2D eigenvalue weighted by Crippen LogP contribution is -2.01. The van der Waals surface area contributed by atoms with Crippen molar-refractivity contribution in [3.8, 4) is 11.4 Å². The van der Waals surface area contributed by atoms with Gasteiger partial charge in [-0.05, 0) is 24.3 Å². The van der Waals surface area contributed by atoms with E-state index in [0.29, 0.717) is 43.4 Å². The maximum atomic E-state index is 12.3. The summed E-state index contributed by atoms with van der Waals surface area (Å²) in [6.45, 7) is -2.87. The summed E-state index contributed by atoms with van der Waals surface area (Å²) in [7, 11) is 0. The van der Waals surface area contributed by atoms with E-state index in [0.717, 1.165) is 0 Å². The zero-order chi connectivity index (χ0) is 19.7. The Hall–Kier alpha value is -2.36. The fourth-order valence-corrected chi connectivity index (χ4v) is 3.65. The molecule has 11 heteroatoms. The maximum absolute atomic E-state index is 12.3. The number of hydrogen-bond acceptors (Lipinski definition) is 5. The molecular weight excluding hydrogens is 431 g/mol. The summed E-state index contributed by atoms with van der Waals surface area (Å²) in [6, 6.07) is 9.81. The van der Waals surface area contributed by atoms with Gasteiger partial charge in [0.25, 0.3) is 0 Å². The van der Waals surface area contributed by atoms with Crippen molar-refractivity contribution in [2.24, 2.45) is 0 Å². The lowest BCUT2D eigenvalue weighted by Gasteiger charge is -2.03. The zero-order valence-electron chi connectivity index (χ0n) is 13.9. The molecular formula is C17H11Cl2F2N5OS. The molecule has 0 aliphatic carbocycles. The number of hydrogen-bond donors (Lipinski definition) is 1. The Bertz CT molecular complexity index is 1130. The second-order valence-corrected chi connectivity index (χ2v) is 7.36. The van der Waals surface area contributed by atoms with Crippen molar-refractivity contribution in [3.63, 3.8) is 0 Å². The standard InChI is InChI=1S/C17H11Cl2F2N5OS/c18-11-2-1-3-14(15(11)19)26-7-9(24-25-26)8-28-17-22-12-5-4-10(27-16(20)21)6-13(12)23-17/h1-7,16H,8H2,(H,22,23). The second-order valence-electron chi connectivity index (χ2n) is 5.62. The van der Waals surface area contributed by atoms with Gasteiger partial charge in [0.1, 0.15) is 5.75 Å². The summed E-state index contributed by atoms with van der Waals surface area (Å²) in [4.78, 5) is 7.48. The van der Waals surface area contributed by atoms with E-state index in [4.69, 9.17) is 23.2 Å². The highest BCUT2D eigenvalue weighted by molar-refractivity contribution is 7.98. The minimum atomic E-state index is -2.87. The van der Waals surface area contributed by atoms with Crippen LogP contribution in [0, 0.1) is 0 Å². The fourth-order valence-electron chi connectivity index (χ4n) is 2.50. The van der Waals surface area contributed by atoms with Crippen LogP contribution >= 0.6 is 35.0 Å². The Kier molecular flexibility index (Phi) is 5.38.